The molecule has 1 fully saturated rings. The molecule has 0 aromatic carbocycles. The first-order chi connectivity index (χ1) is 7.31. The summed E-state index contributed by atoms with van der Waals surface area (Å²) < 4.78 is 4.15. The number of rotatable bonds is 6. The van der Waals surface area contributed by atoms with Crippen molar-refractivity contribution in [2.75, 3.05) is 23.9 Å². The largest absolute Gasteiger partial charge is 0.382 e. The lowest BCUT2D eigenvalue weighted by Crippen LogP contribution is -2.01. The summed E-state index contributed by atoms with van der Waals surface area (Å²) >= 11 is 3.13. The van der Waals surface area contributed by atoms with Gasteiger partial charge in [-0.3, -0.25) is 0 Å². The average molecular weight is 243 g/mol. The normalized spacial score (nSPS) is 15.5. The molecule has 2 rings (SSSR count). The Kier molecular flexibility index (Phi) is 3.75. The van der Waals surface area contributed by atoms with E-state index in [4.69, 9.17) is 5.73 Å². The topological polar surface area (TPSA) is 50.9 Å². The van der Waals surface area contributed by atoms with E-state index < -0.39 is 0 Å². The van der Waals surface area contributed by atoms with Crippen LogP contribution in [0.4, 0.5) is 10.8 Å². The molecule has 0 radical (unpaired) electrons. The summed E-state index contributed by atoms with van der Waals surface area (Å²) in [7, 11) is 0. The first-order valence-electron chi connectivity index (χ1n) is 5.34. The molecule has 0 bridgehead atoms. The van der Waals surface area contributed by atoms with Gasteiger partial charge in [-0.25, -0.2) is 0 Å². The molecule has 5 heteroatoms. The summed E-state index contributed by atoms with van der Waals surface area (Å²) in [6.45, 7) is 1.05. The maximum Gasteiger partial charge on any atom is 0.153 e. The summed E-state index contributed by atoms with van der Waals surface area (Å²) in [4.78, 5) is 1.10. The highest BCUT2D eigenvalue weighted by Crippen LogP contribution is 2.35. The minimum absolute atomic E-state index is 0.664. The Balaban J connectivity index is 1.76. The Bertz CT molecular complexity index is 320. The Labute approximate surface area is 99.0 Å². The molecule has 1 aliphatic carbocycles. The first-order valence-corrected chi connectivity index (χ1v) is 7.34. The quantitative estimate of drug-likeness (QED) is 0.595. The van der Waals surface area contributed by atoms with Gasteiger partial charge in [0.05, 0.1) is 4.90 Å². The maximum atomic E-state index is 5.75. The monoisotopic (exact) mass is 243 g/mol. The van der Waals surface area contributed by atoms with Crippen LogP contribution in [-0.2, 0) is 0 Å². The molecule has 15 heavy (non-hydrogen) atoms. The standard InChI is InChI=1S/C10H17N3S2/c1-14-8-9(11)13-15-10(8)12-6-2-3-7-4-5-7/h7,12H,2-6H2,1H3,(H2,11,13). The third kappa shape index (κ3) is 3.01. The molecule has 1 aromatic rings. The summed E-state index contributed by atoms with van der Waals surface area (Å²) in [6, 6.07) is 0. The molecule has 0 amide bonds. The number of nitrogen functional groups attached to an aromatic ring is 1. The van der Waals surface area contributed by atoms with Crippen LogP contribution in [0.15, 0.2) is 4.90 Å². The molecule has 0 unspecified atom stereocenters. The molecular formula is C10H17N3S2. The zero-order valence-corrected chi connectivity index (χ0v) is 10.6. The summed E-state index contributed by atoms with van der Waals surface area (Å²) in [6.07, 6.45) is 7.56. The van der Waals surface area contributed by atoms with E-state index in [0.29, 0.717) is 5.82 Å². The summed E-state index contributed by atoms with van der Waals surface area (Å²) in [5, 5.41) is 4.56. The van der Waals surface area contributed by atoms with Gasteiger partial charge in [-0.15, -0.1) is 11.8 Å². The van der Waals surface area contributed by atoms with Gasteiger partial charge in [0.15, 0.2) is 5.82 Å². The van der Waals surface area contributed by atoms with Crippen LogP contribution in [0.1, 0.15) is 25.7 Å². The third-order valence-electron chi connectivity index (χ3n) is 2.65. The van der Waals surface area contributed by atoms with E-state index in [1.165, 1.54) is 37.2 Å². The van der Waals surface area contributed by atoms with Crippen LogP contribution in [0.2, 0.25) is 0 Å². The minimum atomic E-state index is 0.664. The molecule has 0 aliphatic heterocycles. The van der Waals surface area contributed by atoms with E-state index in [-0.39, 0.29) is 0 Å². The highest BCUT2D eigenvalue weighted by atomic mass is 32.2. The fraction of sp³-hybridized carbons (Fsp3) is 0.700. The number of nitrogens with one attached hydrogen (secondary N) is 1. The van der Waals surface area contributed by atoms with Crippen molar-refractivity contribution in [1.82, 2.24) is 4.37 Å². The molecule has 3 N–H and O–H groups in total. The van der Waals surface area contributed by atoms with Crippen LogP contribution in [0.25, 0.3) is 0 Å². The molecule has 3 nitrogen and oxygen atoms in total. The predicted octanol–water partition coefficient (Wildman–Crippen LogP) is 3.05. The number of nitrogens with zero attached hydrogens (tertiary/aromatic N) is 1. The van der Waals surface area contributed by atoms with E-state index in [1.54, 1.807) is 11.8 Å². The van der Waals surface area contributed by atoms with Crippen LogP contribution in [-0.4, -0.2) is 17.2 Å². The van der Waals surface area contributed by atoms with Crippen molar-refractivity contribution >= 4 is 34.1 Å². The van der Waals surface area contributed by atoms with E-state index >= 15 is 0 Å². The predicted molar refractivity (Wildman–Crippen MR) is 68.8 cm³/mol. The van der Waals surface area contributed by atoms with Crippen molar-refractivity contribution in [3.63, 3.8) is 0 Å². The Hall–Kier alpha value is -0.420. The van der Waals surface area contributed by atoms with Crippen molar-refractivity contribution in [2.24, 2.45) is 5.92 Å². The Morgan fingerprint density at radius 2 is 2.40 bits per heavy atom. The third-order valence-corrected chi connectivity index (χ3v) is 4.42. The van der Waals surface area contributed by atoms with Crippen LogP contribution < -0.4 is 11.1 Å². The Morgan fingerprint density at radius 1 is 1.60 bits per heavy atom. The van der Waals surface area contributed by atoms with E-state index in [0.717, 1.165) is 22.4 Å². The molecule has 0 atom stereocenters. The van der Waals surface area contributed by atoms with Gasteiger partial charge in [-0.2, -0.15) is 4.37 Å². The van der Waals surface area contributed by atoms with Crippen molar-refractivity contribution in [1.29, 1.82) is 0 Å². The van der Waals surface area contributed by atoms with Crippen molar-refractivity contribution in [2.45, 2.75) is 30.6 Å². The molecule has 1 saturated carbocycles. The average Bonchev–Trinajstić information content (AvgIpc) is 2.98. The molecular weight excluding hydrogens is 226 g/mol. The molecule has 0 saturated heterocycles. The SMILES string of the molecule is CSc1c(N)nsc1NCCCC1CC1. The Morgan fingerprint density at radius 3 is 3.07 bits per heavy atom. The van der Waals surface area contributed by atoms with Crippen LogP contribution in [0.5, 0.6) is 0 Å². The maximum absolute atomic E-state index is 5.75. The number of thioether (sulfide) groups is 1. The molecule has 1 heterocycles. The fourth-order valence-electron chi connectivity index (χ4n) is 1.60. The highest BCUT2D eigenvalue weighted by Gasteiger charge is 2.20. The van der Waals surface area contributed by atoms with E-state index in [9.17, 15) is 0 Å². The first kappa shape index (κ1) is 11.1. The number of aromatic nitrogens is 1. The lowest BCUT2D eigenvalue weighted by Gasteiger charge is -2.04. The smallest absolute Gasteiger partial charge is 0.153 e. The van der Waals surface area contributed by atoms with Crippen LogP contribution in [0, 0.1) is 5.92 Å². The van der Waals surface area contributed by atoms with Crippen molar-refractivity contribution in [3.8, 4) is 0 Å². The van der Waals surface area contributed by atoms with E-state index in [1.807, 2.05) is 6.26 Å². The molecule has 0 spiro atoms. The van der Waals surface area contributed by atoms with Gasteiger partial charge in [0.25, 0.3) is 0 Å². The summed E-state index contributed by atoms with van der Waals surface area (Å²) in [5.74, 6) is 1.69. The van der Waals surface area contributed by atoms with Crippen LogP contribution >= 0.6 is 23.3 Å². The molecule has 1 aromatic heterocycles. The second-order valence-electron chi connectivity index (χ2n) is 3.94. The fourth-order valence-corrected chi connectivity index (χ4v) is 3.17. The van der Waals surface area contributed by atoms with Crippen molar-refractivity contribution in [3.05, 3.63) is 0 Å². The van der Waals surface area contributed by atoms with Gasteiger partial charge in [0, 0.05) is 6.54 Å². The van der Waals surface area contributed by atoms with Gasteiger partial charge in [-0.1, -0.05) is 12.8 Å². The van der Waals surface area contributed by atoms with Gasteiger partial charge in [-0.05, 0) is 36.5 Å². The van der Waals surface area contributed by atoms with Gasteiger partial charge >= 0.3 is 0 Å². The minimum Gasteiger partial charge on any atom is -0.382 e. The van der Waals surface area contributed by atoms with Gasteiger partial charge < -0.3 is 11.1 Å². The van der Waals surface area contributed by atoms with E-state index in [2.05, 4.69) is 9.69 Å². The second-order valence-corrected chi connectivity index (χ2v) is 5.53. The zero-order valence-electron chi connectivity index (χ0n) is 8.95. The number of anilines is 2. The zero-order chi connectivity index (χ0) is 10.7. The second kappa shape index (κ2) is 5.07. The summed E-state index contributed by atoms with van der Waals surface area (Å²) in [5.41, 5.74) is 5.75. The molecule has 84 valence electrons. The van der Waals surface area contributed by atoms with Gasteiger partial charge in [0.1, 0.15) is 5.00 Å². The number of nitrogens with two attached hydrogens (primary N) is 1. The molecule has 1 aliphatic rings. The lowest BCUT2D eigenvalue weighted by atomic mass is 10.2. The lowest BCUT2D eigenvalue weighted by molar-refractivity contribution is 0.687. The number of hydrogen-bond acceptors (Lipinski definition) is 5. The number of hydrogen-bond donors (Lipinski definition) is 2. The van der Waals surface area contributed by atoms with Crippen molar-refractivity contribution < 1.29 is 0 Å². The highest BCUT2D eigenvalue weighted by molar-refractivity contribution is 7.99. The van der Waals surface area contributed by atoms with Gasteiger partial charge in [0.2, 0.25) is 0 Å². The van der Waals surface area contributed by atoms with Crippen LogP contribution in [0.3, 0.4) is 0 Å².